The molecule has 9 rings (SSSR count). The smallest absolute Gasteiger partial charge is 0.358 e. The van der Waals surface area contributed by atoms with Gasteiger partial charge in [0.25, 0.3) is 0 Å². The van der Waals surface area contributed by atoms with Crippen LogP contribution in [0.3, 0.4) is 0 Å². The molecule has 0 radical (unpaired) electrons. The van der Waals surface area contributed by atoms with E-state index in [0.29, 0.717) is 11.8 Å². The Hall–Kier alpha value is -5.64. The fourth-order valence-electron chi connectivity index (χ4n) is 8.13. The minimum Gasteiger partial charge on any atom is -0.358 e. The number of nitrogens with zero attached hydrogens (tertiary/aromatic N) is 5. The molecule has 8 aromatic rings. The predicted octanol–water partition coefficient (Wildman–Crippen LogP) is 12.7. The minimum atomic E-state index is 0. The van der Waals surface area contributed by atoms with Gasteiger partial charge in [-0.1, -0.05) is 117 Å². The van der Waals surface area contributed by atoms with Crippen LogP contribution < -0.4 is 14.7 Å². The molecule has 5 nitrogen and oxygen atoms in total. The number of rotatable bonds is 8. The van der Waals surface area contributed by atoms with Gasteiger partial charge in [-0.15, -0.1) is 35.7 Å². The maximum atomic E-state index is 5.04. The van der Waals surface area contributed by atoms with Crippen LogP contribution in [0.4, 0.5) is 34.1 Å². The second kappa shape index (κ2) is 14.9. The normalized spacial score (nSPS) is 12.5. The van der Waals surface area contributed by atoms with Crippen molar-refractivity contribution in [2.24, 2.45) is 0 Å². The molecule has 0 amide bonds. The van der Waals surface area contributed by atoms with Gasteiger partial charge in [-0.05, 0) is 81.9 Å². The van der Waals surface area contributed by atoms with E-state index in [1.807, 2.05) is 6.20 Å². The molecule has 274 valence electrons. The molecule has 0 unspecified atom stereocenters. The summed E-state index contributed by atoms with van der Waals surface area (Å²) in [5, 5.41) is 2.30. The van der Waals surface area contributed by atoms with Crippen molar-refractivity contribution in [2.45, 2.75) is 39.5 Å². The molecular formula is C49H43N5Pt. The average Bonchev–Trinajstić information content (AvgIpc) is 3.72. The zero-order valence-electron chi connectivity index (χ0n) is 31.8. The first-order valence-corrected chi connectivity index (χ1v) is 18.9. The molecule has 55 heavy (non-hydrogen) atoms. The van der Waals surface area contributed by atoms with Crippen molar-refractivity contribution in [3.05, 3.63) is 169 Å². The molecule has 0 bridgehead atoms. The Morgan fingerprint density at radius 1 is 0.636 bits per heavy atom. The monoisotopic (exact) mass is 896 g/mol. The Morgan fingerprint density at radius 2 is 1.31 bits per heavy atom. The van der Waals surface area contributed by atoms with E-state index in [1.54, 1.807) is 0 Å². The van der Waals surface area contributed by atoms with Crippen LogP contribution in [0.5, 0.6) is 0 Å². The average molecular weight is 897 g/mol. The summed E-state index contributed by atoms with van der Waals surface area (Å²) in [5.74, 6) is 1.65. The molecular weight excluding hydrogens is 854 g/mol. The second-order valence-electron chi connectivity index (χ2n) is 14.8. The summed E-state index contributed by atoms with van der Waals surface area (Å²) in [6.45, 7) is 9.88. The Bertz CT molecular complexity index is 2620. The topological polar surface area (TPSA) is 27.5 Å². The van der Waals surface area contributed by atoms with Crippen molar-refractivity contribution >= 4 is 55.9 Å². The Balaban J connectivity index is 0.00000427. The molecule has 0 fully saturated rings. The number of aromatic nitrogens is 2. The summed E-state index contributed by atoms with van der Waals surface area (Å²) in [5.41, 5.74) is 13.6. The van der Waals surface area contributed by atoms with Crippen molar-refractivity contribution in [3.63, 3.8) is 0 Å². The fourth-order valence-corrected chi connectivity index (χ4v) is 8.13. The van der Waals surface area contributed by atoms with Gasteiger partial charge in [-0.2, -0.15) is 12.1 Å². The van der Waals surface area contributed by atoms with E-state index >= 15 is 0 Å². The second-order valence-corrected chi connectivity index (χ2v) is 14.8. The molecule has 0 saturated carbocycles. The molecule has 0 spiro atoms. The van der Waals surface area contributed by atoms with Crippen LogP contribution in [0.15, 0.2) is 146 Å². The van der Waals surface area contributed by atoms with Crippen LogP contribution in [0.25, 0.3) is 38.8 Å². The number of fused-ring (bicyclic) bond motifs is 4. The van der Waals surface area contributed by atoms with Gasteiger partial charge in [0.1, 0.15) is 5.82 Å². The number of hydrogen-bond donors (Lipinski definition) is 0. The standard InChI is InChI=1S/C49H43N5.Pt/c1-33(2)40-20-14-21-41(34(3)4)49(40)35-27-28-50-48(29-35)54-44-22-10-9-19-42(44)43-26-25-39(31-47(43)54)53(36-15-7-6-8-16-36)38-18-13-17-37(30-38)52-32-51(5)45-23-11-12-24-46(45)52;/h6-29,33-34H,32H2,1-5H3;/q-2;+2. The molecule has 2 aromatic heterocycles. The van der Waals surface area contributed by atoms with E-state index in [-0.39, 0.29) is 21.1 Å². The summed E-state index contributed by atoms with van der Waals surface area (Å²) in [6.07, 6.45) is 1.96. The summed E-state index contributed by atoms with van der Waals surface area (Å²) in [6, 6.07) is 57.4. The molecule has 6 heteroatoms. The van der Waals surface area contributed by atoms with Crippen molar-refractivity contribution in [1.82, 2.24) is 9.55 Å². The first-order valence-electron chi connectivity index (χ1n) is 18.9. The van der Waals surface area contributed by atoms with Gasteiger partial charge in [0.2, 0.25) is 0 Å². The van der Waals surface area contributed by atoms with E-state index in [2.05, 4.69) is 206 Å². The van der Waals surface area contributed by atoms with E-state index in [9.17, 15) is 0 Å². The van der Waals surface area contributed by atoms with Gasteiger partial charge in [0.15, 0.2) is 0 Å². The van der Waals surface area contributed by atoms with Gasteiger partial charge >= 0.3 is 21.1 Å². The fraction of sp³-hybridized carbons (Fsp3) is 0.163. The zero-order valence-corrected chi connectivity index (χ0v) is 34.0. The predicted molar refractivity (Wildman–Crippen MR) is 226 cm³/mol. The minimum absolute atomic E-state index is 0. The SMILES string of the molecule is CC(C)c1cccc(C(C)C)c1-c1ccnc(-n2c3[c-]c(N(c4[c-]c(N5CN(C)c6ccccc65)ccc4)c4ccccc4)ccc3c3ccccc32)c1.[Pt+2]. The van der Waals surface area contributed by atoms with Gasteiger partial charge in [0, 0.05) is 24.4 Å². The molecule has 0 saturated heterocycles. The maximum absolute atomic E-state index is 5.04. The number of pyridine rings is 1. The van der Waals surface area contributed by atoms with E-state index in [4.69, 9.17) is 4.98 Å². The van der Waals surface area contributed by atoms with Crippen molar-refractivity contribution in [2.75, 3.05) is 28.4 Å². The van der Waals surface area contributed by atoms with Gasteiger partial charge in [-0.25, -0.2) is 4.98 Å². The van der Waals surface area contributed by atoms with Gasteiger partial charge in [0.05, 0.1) is 18.0 Å². The molecule has 1 aliphatic heterocycles. The summed E-state index contributed by atoms with van der Waals surface area (Å²) >= 11 is 0. The third kappa shape index (κ3) is 6.41. The first kappa shape index (κ1) is 36.3. The molecule has 0 aliphatic carbocycles. The number of benzene rings is 6. The molecule has 1 aliphatic rings. The third-order valence-corrected chi connectivity index (χ3v) is 10.7. The molecule has 0 N–H and O–H groups in total. The zero-order chi connectivity index (χ0) is 36.9. The largest absolute Gasteiger partial charge is 2.00 e. The summed E-state index contributed by atoms with van der Waals surface area (Å²) in [4.78, 5) is 11.9. The van der Waals surface area contributed by atoms with E-state index < -0.39 is 0 Å². The first-order chi connectivity index (χ1) is 26.4. The van der Waals surface area contributed by atoms with Crippen LogP contribution in [-0.2, 0) is 21.1 Å². The van der Waals surface area contributed by atoms with Crippen molar-refractivity contribution < 1.29 is 21.1 Å². The number of hydrogen-bond acceptors (Lipinski definition) is 4. The quantitative estimate of drug-likeness (QED) is 0.142. The van der Waals surface area contributed by atoms with Crippen LogP contribution >= 0.6 is 0 Å². The van der Waals surface area contributed by atoms with Crippen LogP contribution in [0.1, 0.15) is 50.7 Å². The Morgan fingerprint density at radius 3 is 2.07 bits per heavy atom. The Kier molecular flexibility index (Phi) is 9.84. The third-order valence-electron chi connectivity index (χ3n) is 10.7. The van der Waals surface area contributed by atoms with Crippen molar-refractivity contribution in [3.8, 4) is 16.9 Å². The van der Waals surface area contributed by atoms with Crippen LogP contribution in [0.2, 0.25) is 0 Å². The number of anilines is 6. The molecule has 3 heterocycles. The summed E-state index contributed by atoms with van der Waals surface area (Å²) in [7, 11) is 2.14. The maximum Gasteiger partial charge on any atom is 2.00 e. The molecule has 6 aromatic carbocycles. The number of para-hydroxylation sites is 4. The van der Waals surface area contributed by atoms with Crippen LogP contribution in [0, 0.1) is 12.1 Å². The van der Waals surface area contributed by atoms with Gasteiger partial charge in [-0.3, -0.25) is 0 Å². The molecule has 0 atom stereocenters. The van der Waals surface area contributed by atoms with Crippen molar-refractivity contribution in [1.29, 1.82) is 0 Å². The van der Waals surface area contributed by atoms with Gasteiger partial charge < -0.3 is 19.3 Å². The Labute approximate surface area is 338 Å². The van der Waals surface area contributed by atoms with Crippen LogP contribution in [-0.4, -0.2) is 23.3 Å². The van der Waals surface area contributed by atoms with E-state index in [0.717, 1.165) is 51.7 Å². The van der Waals surface area contributed by atoms with E-state index in [1.165, 1.54) is 39.0 Å². The summed E-state index contributed by atoms with van der Waals surface area (Å²) < 4.78 is 2.28.